The SMILES string of the molecule is CCB1NB(CC)NB(C(C)CC)N1. The highest BCUT2D eigenvalue weighted by atomic mass is 15.1. The highest BCUT2D eigenvalue weighted by Crippen LogP contribution is 2.12. The number of hydrogen-bond acceptors (Lipinski definition) is 3. The summed E-state index contributed by atoms with van der Waals surface area (Å²) < 4.78 is 0. The van der Waals surface area contributed by atoms with Crippen LogP contribution in [0, 0.1) is 0 Å². The summed E-state index contributed by atoms with van der Waals surface area (Å²) in [6.07, 6.45) is 3.51. The molecule has 0 radical (unpaired) electrons. The molecule has 0 aromatic rings. The molecule has 1 aliphatic heterocycles. The molecule has 1 unspecified atom stereocenters. The van der Waals surface area contributed by atoms with Gasteiger partial charge in [-0.1, -0.05) is 34.1 Å². The van der Waals surface area contributed by atoms with E-state index in [-0.39, 0.29) is 0 Å². The average Bonchev–Trinajstić information content (AvgIpc) is 2.27. The van der Waals surface area contributed by atoms with Gasteiger partial charge in [0.05, 0.1) is 0 Å². The molecule has 6 heteroatoms. The van der Waals surface area contributed by atoms with Crippen LogP contribution in [0.5, 0.6) is 0 Å². The van der Waals surface area contributed by atoms with Gasteiger partial charge < -0.3 is 15.4 Å². The molecule has 14 heavy (non-hydrogen) atoms. The second-order valence-corrected chi connectivity index (χ2v) is 4.28. The van der Waals surface area contributed by atoms with Crippen LogP contribution < -0.4 is 15.4 Å². The number of rotatable bonds is 4. The van der Waals surface area contributed by atoms with E-state index in [4.69, 9.17) is 0 Å². The minimum absolute atomic E-state index is 0.469. The third-order valence-electron chi connectivity index (χ3n) is 3.19. The van der Waals surface area contributed by atoms with Gasteiger partial charge in [0.15, 0.2) is 0 Å². The van der Waals surface area contributed by atoms with Gasteiger partial charge in [0.2, 0.25) is 0 Å². The monoisotopic (exact) mass is 193 g/mol. The van der Waals surface area contributed by atoms with E-state index >= 15 is 0 Å². The first-order chi connectivity index (χ1) is 6.71. The summed E-state index contributed by atoms with van der Waals surface area (Å²) in [6.45, 7) is 10.4. The fraction of sp³-hybridized carbons (Fsp3) is 1.00. The van der Waals surface area contributed by atoms with Crippen LogP contribution in [0.2, 0.25) is 18.5 Å². The van der Waals surface area contributed by atoms with Crippen molar-refractivity contribution in [2.24, 2.45) is 0 Å². The Morgan fingerprint density at radius 3 is 1.79 bits per heavy atom. The Morgan fingerprint density at radius 2 is 1.43 bits per heavy atom. The van der Waals surface area contributed by atoms with Gasteiger partial charge in [-0.3, -0.25) is 0 Å². The molecule has 0 amide bonds. The van der Waals surface area contributed by atoms with Crippen molar-refractivity contribution in [3.8, 4) is 0 Å². The zero-order valence-electron chi connectivity index (χ0n) is 9.93. The van der Waals surface area contributed by atoms with Gasteiger partial charge in [0.1, 0.15) is 0 Å². The van der Waals surface area contributed by atoms with E-state index in [2.05, 4.69) is 43.1 Å². The first-order valence-electron chi connectivity index (χ1n) is 5.99. The second-order valence-electron chi connectivity index (χ2n) is 4.28. The van der Waals surface area contributed by atoms with Gasteiger partial charge in [-0.2, -0.15) is 0 Å². The third-order valence-corrected chi connectivity index (χ3v) is 3.19. The minimum Gasteiger partial charge on any atom is -0.371 e. The Kier molecular flexibility index (Phi) is 5.06. The van der Waals surface area contributed by atoms with E-state index in [1.54, 1.807) is 0 Å². The van der Waals surface area contributed by atoms with Crippen molar-refractivity contribution in [2.75, 3.05) is 0 Å². The number of nitrogens with one attached hydrogen (secondary N) is 3. The van der Waals surface area contributed by atoms with Crippen LogP contribution in [-0.4, -0.2) is 20.9 Å². The molecule has 0 aromatic carbocycles. The normalized spacial score (nSPS) is 20.1. The summed E-state index contributed by atoms with van der Waals surface area (Å²) in [5, 5.41) is 10.7. The number of hydrogen-bond donors (Lipinski definition) is 3. The van der Waals surface area contributed by atoms with Crippen LogP contribution in [0.1, 0.15) is 34.1 Å². The summed E-state index contributed by atoms with van der Waals surface area (Å²) in [4.78, 5) is 0. The van der Waals surface area contributed by atoms with E-state index in [0.29, 0.717) is 26.8 Å². The van der Waals surface area contributed by atoms with E-state index in [1.165, 1.54) is 6.42 Å². The molecule has 0 saturated carbocycles. The van der Waals surface area contributed by atoms with Gasteiger partial charge in [-0.25, -0.2) is 0 Å². The van der Waals surface area contributed by atoms with E-state index in [9.17, 15) is 0 Å². The van der Waals surface area contributed by atoms with Crippen molar-refractivity contribution in [1.29, 1.82) is 0 Å². The Bertz CT molecular complexity index is 158. The van der Waals surface area contributed by atoms with Crippen LogP contribution >= 0.6 is 0 Å². The van der Waals surface area contributed by atoms with Crippen LogP contribution in [-0.2, 0) is 0 Å². The van der Waals surface area contributed by atoms with Gasteiger partial charge in [0, 0.05) is 0 Å². The lowest BCUT2D eigenvalue weighted by atomic mass is 9.44. The molecule has 78 valence electrons. The smallest absolute Gasteiger partial charge is 0.287 e. The molecular weight excluding hydrogens is 171 g/mol. The summed E-state index contributed by atoms with van der Waals surface area (Å²) in [5.41, 5.74) is 0. The highest BCUT2D eigenvalue weighted by Gasteiger charge is 2.34. The highest BCUT2D eigenvalue weighted by molar-refractivity contribution is 6.87. The maximum atomic E-state index is 3.60. The van der Waals surface area contributed by atoms with Crippen molar-refractivity contribution >= 4 is 20.9 Å². The Labute approximate surface area is 89.5 Å². The molecule has 0 bridgehead atoms. The van der Waals surface area contributed by atoms with Crippen LogP contribution in [0.25, 0.3) is 0 Å². The summed E-state index contributed by atoms with van der Waals surface area (Å²) in [5.74, 6) is 0.695. The summed E-state index contributed by atoms with van der Waals surface area (Å²) >= 11 is 0. The second kappa shape index (κ2) is 5.84. The Hall–Kier alpha value is 0.0748. The first kappa shape index (κ1) is 12.1. The summed E-state index contributed by atoms with van der Waals surface area (Å²) in [7, 11) is 0. The first-order valence-corrected chi connectivity index (χ1v) is 5.99. The van der Waals surface area contributed by atoms with Crippen molar-refractivity contribution in [2.45, 2.75) is 52.6 Å². The predicted molar refractivity (Wildman–Crippen MR) is 67.3 cm³/mol. The van der Waals surface area contributed by atoms with Crippen molar-refractivity contribution in [3.05, 3.63) is 0 Å². The van der Waals surface area contributed by atoms with Crippen LogP contribution in [0.15, 0.2) is 0 Å². The predicted octanol–water partition coefficient (Wildman–Crippen LogP) is 1.07. The molecule has 3 N–H and O–H groups in total. The molecule has 0 aliphatic carbocycles. The summed E-state index contributed by atoms with van der Waals surface area (Å²) in [6, 6.07) is 0. The molecule has 0 spiro atoms. The molecule has 1 rings (SSSR count). The topological polar surface area (TPSA) is 36.1 Å². The standard InChI is InChI=1S/C8H22B3N3/c1-5-8(4)11-13-9(6-2)12-10(7-3)14-11/h8,12-14H,5-7H2,1-4H3. The maximum absolute atomic E-state index is 3.60. The fourth-order valence-electron chi connectivity index (χ4n) is 1.86. The molecule has 1 atom stereocenters. The minimum atomic E-state index is 0.469. The molecule has 1 fully saturated rings. The third kappa shape index (κ3) is 3.04. The largest absolute Gasteiger partial charge is 0.371 e. The molecule has 0 aromatic heterocycles. The van der Waals surface area contributed by atoms with Gasteiger partial charge >= 0.3 is 0 Å². The lowest BCUT2D eigenvalue weighted by Gasteiger charge is -2.35. The lowest BCUT2D eigenvalue weighted by molar-refractivity contribution is 0.826. The van der Waals surface area contributed by atoms with Gasteiger partial charge in [-0.05, 0) is 18.5 Å². The maximum Gasteiger partial charge on any atom is 0.287 e. The van der Waals surface area contributed by atoms with Crippen molar-refractivity contribution < 1.29 is 0 Å². The van der Waals surface area contributed by atoms with E-state index in [1.807, 2.05) is 0 Å². The van der Waals surface area contributed by atoms with Gasteiger partial charge in [0.25, 0.3) is 20.9 Å². The molecule has 1 aliphatic rings. The molecular formula is C8H22B3N3. The van der Waals surface area contributed by atoms with Crippen molar-refractivity contribution in [3.63, 3.8) is 0 Å². The van der Waals surface area contributed by atoms with Crippen LogP contribution in [0.3, 0.4) is 0 Å². The quantitative estimate of drug-likeness (QED) is 0.584. The zero-order valence-corrected chi connectivity index (χ0v) is 9.93. The zero-order chi connectivity index (χ0) is 10.6. The lowest BCUT2D eigenvalue weighted by Crippen LogP contribution is -2.75. The van der Waals surface area contributed by atoms with E-state index < -0.39 is 0 Å². The fourth-order valence-corrected chi connectivity index (χ4v) is 1.86. The Balaban J connectivity index is 2.51. The Morgan fingerprint density at radius 1 is 0.929 bits per heavy atom. The average molecular weight is 193 g/mol. The van der Waals surface area contributed by atoms with E-state index in [0.717, 1.165) is 12.6 Å². The van der Waals surface area contributed by atoms with Gasteiger partial charge in [-0.15, -0.1) is 0 Å². The molecule has 1 heterocycles. The molecule has 1 saturated heterocycles. The molecule has 3 nitrogen and oxygen atoms in total. The van der Waals surface area contributed by atoms with Crippen molar-refractivity contribution in [1.82, 2.24) is 15.4 Å². The van der Waals surface area contributed by atoms with Crippen LogP contribution in [0.4, 0.5) is 0 Å².